The van der Waals surface area contributed by atoms with Gasteiger partial charge in [0.15, 0.2) is 0 Å². The molecule has 0 saturated heterocycles. The van der Waals surface area contributed by atoms with Crippen molar-refractivity contribution in [1.29, 1.82) is 0 Å². The number of hydrogen-bond donors (Lipinski definition) is 0. The standard InChI is InChI=1S/C11H14Se2/c1-7-9(11(2,3)4)8-5-6-12-10(8)13-7/h5-6H,1-4H3. The van der Waals surface area contributed by atoms with Gasteiger partial charge in [-0.1, -0.05) is 0 Å². The van der Waals surface area contributed by atoms with Gasteiger partial charge >= 0.3 is 91.6 Å². The fourth-order valence-electron chi connectivity index (χ4n) is 1.87. The van der Waals surface area contributed by atoms with Crippen molar-refractivity contribution in [3.63, 3.8) is 0 Å². The van der Waals surface area contributed by atoms with Gasteiger partial charge in [-0.15, -0.1) is 0 Å². The molecule has 0 fully saturated rings. The van der Waals surface area contributed by atoms with Gasteiger partial charge in [0, 0.05) is 0 Å². The molecule has 0 atom stereocenters. The monoisotopic (exact) mass is 306 g/mol. The SMILES string of the molecule is Cc1[se]c2[se]ccc2c1C(C)(C)C. The van der Waals surface area contributed by atoms with Crippen LogP contribution in [0.3, 0.4) is 0 Å². The Bertz CT molecular complexity index is 426. The van der Waals surface area contributed by atoms with Gasteiger partial charge in [0.1, 0.15) is 0 Å². The van der Waals surface area contributed by atoms with Gasteiger partial charge < -0.3 is 0 Å². The van der Waals surface area contributed by atoms with E-state index in [1.54, 1.807) is 18.5 Å². The molecule has 2 aromatic heterocycles. The summed E-state index contributed by atoms with van der Waals surface area (Å²) < 4.78 is 3.43. The average Bonchev–Trinajstić information content (AvgIpc) is 2.41. The van der Waals surface area contributed by atoms with E-state index in [4.69, 9.17) is 0 Å². The number of fused-ring (bicyclic) bond motifs is 1. The molecule has 2 aromatic rings. The zero-order valence-electron chi connectivity index (χ0n) is 8.47. The van der Waals surface area contributed by atoms with Crippen molar-refractivity contribution in [3.8, 4) is 0 Å². The Labute approximate surface area is 91.5 Å². The maximum absolute atomic E-state index is 2.37. The Morgan fingerprint density at radius 2 is 1.92 bits per heavy atom. The third-order valence-electron chi connectivity index (χ3n) is 2.25. The van der Waals surface area contributed by atoms with E-state index >= 15 is 0 Å². The Hall–Kier alpha value is 0.259. The van der Waals surface area contributed by atoms with Gasteiger partial charge in [-0.25, -0.2) is 0 Å². The molecule has 70 valence electrons. The van der Waals surface area contributed by atoms with Crippen LogP contribution >= 0.6 is 0 Å². The van der Waals surface area contributed by atoms with E-state index < -0.39 is 0 Å². The van der Waals surface area contributed by atoms with Crippen LogP contribution in [0.5, 0.6) is 0 Å². The van der Waals surface area contributed by atoms with Gasteiger partial charge in [0.2, 0.25) is 0 Å². The molecule has 0 radical (unpaired) electrons. The topological polar surface area (TPSA) is 0 Å². The van der Waals surface area contributed by atoms with Crippen molar-refractivity contribution in [2.24, 2.45) is 0 Å². The molecule has 2 heterocycles. The first-order valence-corrected chi connectivity index (χ1v) is 8.03. The Kier molecular flexibility index (Phi) is 2.36. The molecule has 0 aliphatic heterocycles. The summed E-state index contributed by atoms with van der Waals surface area (Å²) in [5.74, 6) is 0. The molecule has 0 unspecified atom stereocenters. The van der Waals surface area contributed by atoms with E-state index in [9.17, 15) is 0 Å². The van der Waals surface area contributed by atoms with Crippen molar-refractivity contribution in [3.05, 3.63) is 21.0 Å². The van der Waals surface area contributed by atoms with Gasteiger partial charge in [-0.2, -0.15) is 0 Å². The third kappa shape index (κ3) is 1.62. The second kappa shape index (κ2) is 3.14. The molecule has 0 nitrogen and oxygen atoms in total. The van der Waals surface area contributed by atoms with Crippen molar-refractivity contribution in [2.75, 3.05) is 0 Å². The maximum atomic E-state index is 2.37. The summed E-state index contributed by atoms with van der Waals surface area (Å²) in [6, 6.07) is 2.36. The summed E-state index contributed by atoms with van der Waals surface area (Å²) in [4.78, 5) is 2.37. The van der Waals surface area contributed by atoms with Crippen LogP contribution in [0.4, 0.5) is 0 Å². The van der Waals surface area contributed by atoms with E-state index in [1.807, 2.05) is 0 Å². The van der Waals surface area contributed by atoms with Gasteiger partial charge in [0.05, 0.1) is 0 Å². The number of aryl methyl sites for hydroxylation is 1. The normalized spacial score (nSPS) is 12.6. The van der Waals surface area contributed by atoms with Crippen molar-refractivity contribution >= 4 is 37.5 Å². The first kappa shape index (κ1) is 9.80. The molecular formula is C11H14Se2. The molecule has 13 heavy (non-hydrogen) atoms. The summed E-state index contributed by atoms with van der Waals surface area (Å²) in [6.07, 6.45) is 0. The van der Waals surface area contributed by atoms with Crippen molar-refractivity contribution in [2.45, 2.75) is 33.1 Å². The van der Waals surface area contributed by atoms with Crippen LogP contribution in [0, 0.1) is 6.92 Å². The van der Waals surface area contributed by atoms with Crippen LogP contribution in [0.15, 0.2) is 11.0 Å². The van der Waals surface area contributed by atoms with Crippen LogP contribution in [0.1, 0.15) is 30.8 Å². The Morgan fingerprint density at radius 3 is 2.54 bits per heavy atom. The van der Waals surface area contributed by atoms with Crippen LogP contribution < -0.4 is 0 Å². The van der Waals surface area contributed by atoms with Gasteiger partial charge in [-0.3, -0.25) is 0 Å². The van der Waals surface area contributed by atoms with E-state index in [-0.39, 0.29) is 0 Å². The minimum absolute atomic E-state index is 0.341. The summed E-state index contributed by atoms with van der Waals surface area (Å²) in [5, 5.41) is 1.60. The molecule has 0 bridgehead atoms. The zero-order chi connectivity index (χ0) is 9.64. The summed E-state index contributed by atoms with van der Waals surface area (Å²) in [6.45, 7) is 9.31. The molecule has 2 heteroatoms. The molecule has 0 saturated carbocycles. The fourth-order valence-corrected chi connectivity index (χ4v) is 8.03. The Balaban J connectivity index is 2.78. The minimum atomic E-state index is 0.341. The zero-order valence-corrected chi connectivity index (χ0v) is 11.9. The summed E-state index contributed by atoms with van der Waals surface area (Å²) >= 11 is 1.37. The number of hydrogen-bond acceptors (Lipinski definition) is 0. The third-order valence-corrected chi connectivity index (χ3v) is 7.61. The Morgan fingerprint density at radius 1 is 1.23 bits per heavy atom. The molecule has 0 spiro atoms. The van der Waals surface area contributed by atoms with E-state index in [0.29, 0.717) is 34.4 Å². The second-order valence-electron chi connectivity index (χ2n) is 4.40. The van der Waals surface area contributed by atoms with Crippen LogP contribution in [0.2, 0.25) is 0 Å². The van der Waals surface area contributed by atoms with Crippen LogP contribution in [0.25, 0.3) is 8.52 Å². The quantitative estimate of drug-likeness (QED) is 0.656. The van der Waals surface area contributed by atoms with E-state index in [2.05, 4.69) is 38.7 Å². The molecule has 0 aromatic carbocycles. The predicted octanol–water partition coefficient (Wildman–Crippen LogP) is 2.56. The van der Waals surface area contributed by atoms with E-state index in [0.717, 1.165) is 0 Å². The predicted molar refractivity (Wildman–Crippen MR) is 61.3 cm³/mol. The fraction of sp³-hybridized carbons (Fsp3) is 0.455. The van der Waals surface area contributed by atoms with Gasteiger partial charge in [-0.05, 0) is 0 Å². The molecular weight excluding hydrogens is 290 g/mol. The summed E-state index contributed by atoms with van der Waals surface area (Å²) in [7, 11) is 0. The van der Waals surface area contributed by atoms with Crippen LogP contribution in [-0.4, -0.2) is 29.0 Å². The first-order valence-electron chi connectivity index (χ1n) is 4.47. The van der Waals surface area contributed by atoms with Gasteiger partial charge in [0.25, 0.3) is 0 Å². The molecule has 0 N–H and O–H groups in total. The molecule has 0 aliphatic rings. The van der Waals surface area contributed by atoms with Crippen molar-refractivity contribution in [1.82, 2.24) is 0 Å². The number of rotatable bonds is 0. The second-order valence-corrected chi connectivity index (χ2v) is 10.2. The van der Waals surface area contributed by atoms with Crippen molar-refractivity contribution < 1.29 is 0 Å². The summed E-state index contributed by atoms with van der Waals surface area (Å²) in [5.41, 5.74) is 1.98. The molecule has 0 aliphatic carbocycles. The molecule has 0 amide bonds. The van der Waals surface area contributed by atoms with E-state index in [1.165, 1.54) is 0 Å². The van der Waals surface area contributed by atoms with Crippen LogP contribution in [-0.2, 0) is 5.41 Å². The first-order chi connectivity index (χ1) is 6.00. The molecule has 2 rings (SSSR count). The average molecular weight is 304 g/mol.